The highest BCUT2D eigenvalue weighted by Gasteiger charge is 2.27. The van der Waals surface area contributed by atoms with Gasteiger partial charge < -0.3 is 15.0 Å². The van der Waals surface area contributed by atoms with Crippen LogP contribution in [0.25, 0.3) is 0 Å². The van der Waals surface area contributed by atoms with Gasteiger partial charge in [0.25, 0.3) is 0 Å². The molecule has 3 nitrogen and oxygen atoms in total. The number of aliphatic carboxylic acids is 1. The number of carboxylic acids is 1. The van der Waals surface area contributed by atoms with Crippen LogP contribution in [0.1, 0.15) is 59.6 Å². The van der Waals surface area contributed by atoms with E-state index < -0.39 is 11.2 Å². The Balaban J connectivity index is 3.44. The second-order valence-electron chi connectivity index (χ2n) is 7.45. The van der Waals surface area contributed by atoms with Crippen LogP contribution in [-0.4, -0.2) is 16.3 Å². The lowest BCUT2D eigenvalue weighted by molar-refractivity contribution is -0.304. The molecule has 1 aromatic carbocycles. The Morgan fingerprint density at radius 2 is 1.48 bits per heavy atom. The Morgan fingerprint density at radius 3 is 1.76 bits per heavy atom. The molecule has 1 aromatic rings. The number of benzene rings is 1. The van der Waals surface area contributed by atoms with Crippen LogP contribution in [0.4, 0.5) is 0 Å². The first-order chi connectivity index (χ1) is 9.34. The van der Waals surface area contributed by atoms with E-state index in [2.05, 4.69) is 0 Å². The second-order valence-corrected chi connectivity index (χ2v) is 8.86. The van der Waals surface area contributed by atoms with Crippen molar-refractivity contribution in [3.63, 3.8) is 0 Å². The molecule has 118 valence electrons. The van der Waals surface area contributed by atoms with Crippen LogP contribution >= 0.6 is 11.8 Å². The summed E-state index contributed by atoms with van der Waals surface area (Å²) in [6.45, 7) is 13.8. The van der Waals surface area contributed by atoms with Crippen molar-refractivity contribution >= 4 is 17.7 Å². The summed E-state index contributed by atoms with van der Waals surface area (Å²) >= 11 is 1.25. The van der Waals surface area contributed by atoms with Crippen LogP contribution in [0.15, 0.2) is 17.0 Å². The molecule has 0 aromatic heterocycles. The zero-order valence-corrected chi connectivity index (χ0v) is 14.7. The van der Waals surface area contributed by atoms with Crippen LogP contribution in [0.5, 0.6) is 5.75 Å². The van der Waals surface area contributed by atoms with E-state index in [1.54, 1.807) is 6.92 Å². The maximum absolute atomic E-state index is 11.0. The summed E-state index contributed by atoms with van der Waals surface area (Å²) in [5.41, 5.74) is 1.24. The second kappa shape index (κ2) is 5.91. The number of rotatable bonds is 3. The molecule has 0 aliphatic carbocycles. The van der Waals surface area contributed by atoms with E-state index in [1.165, 1.54) is 11.8 Å². The van der Waals surface area contributed by atoms with Crippen molar-refractivity contribution in [3.05, 3.63) is 23.3 Å². The molecular formula is C17H25O3S-. The van der Waals surface area contributed by atoms with E-state index >= 15 is 0 Å². The average Bonchev–Trinajstić information content (AvgIpc) is 2.27. The fourth-order valence-electron chi connectivity index (χ4n) is 2.07. The molecule has 21 heavy (non-hydrogen) atoms. The van der Waals surface area contributed by atoms with Gasteiger partial charge in [-0.05, 0) is 29.9 Å². The lowest BCUT2D eigenvalue weighted by Crippen LogP contribution is -2.31. The molecule has 1 N–H and O–H groups in total. The molecule has 0 saturated heterocycles. The van der Waals surface area contributed by atoms with Crippen molar-refractivity contribution in [1.82, 2.24) is 0 Å². The van der Waals surface area contributed by atoms with Crippen LogP contribution in [0, 0.1) is 0 Å². The van der Waals surface area contributed by atoms with Gasteiger partial charge in [0.15, 0.2) is 0 Å². The minimum atomic E-state index is -1.08. The highest BCUT2D eigenvalue weighted by atomic mass is 32.2. The monoisotopic (exact) mass is 309 g/mol. The van der Waals surface area contributed by atoms with E-state index in [4.69, 9.17) is 0 Å². The third kappa shape index (κ3) is 4.40. The lowest BCUT2D eigenvalue weighted by Gasteiger charge is -2.28. The maximum Gasteiger partial charge on any atom is 0.123 e. The van der Waals surface area contributed by atoms with Crippen molar-refractivity contribution in [3.8, 4) is 5.75 Å². The van der Waals surface area contributed by atoms with E-state index in [1.807, 2.05) is 53.7 Å². The Labute approximate surface area is 131 Å². The quantitative estimate of drug-likeness (QED) is 0.871. The predicted octanol–water partition coefficient (Wildman–Crippen LogP) is 3.22. The van der Waals surface area contributed by atoms with Gasteiger partial charge in [0, 0.05) is 21.3 Å². The van der Waals surface area contributed by atoms with Crippen LogP contribution in [-0.2, 0) is 15.6 Å². The lowest BCUT2D eigenvalue weighted by atomic mass is 9.79. The number of thioether (sulfide) groups is 1. The normalized spacial score (nSPS) is 14.0. The van der Waals surface area contributed by atoms with Crippen LogP contribution in [0.3, 0.4) is 0 Å². The first-order valence-electron chi connectivity index (χ1n) is 7.09. The fraction of sp³-hybridized carbons (Fsp3) is 0.588. The molecule has 0 bridgehead atoms. The molecule has 1 unspecified atom stereocenters. The Bertz CT molecular complexity index is 501. The van der Waals surface area contributed by atoms with Gasteiger partial charge in [-0.25, -0.2) is 0 Å². The number of carbonyl (C=O) groups excluding carboxylic acids is 1. The summed E-state index contributed by atoms with van der Waals surface area (Å²) < 4.78 is 0. The summed E-state index contributed by atoms with van der Waals surface area (Å²) in [5, 5.41) is 20.9. The minimum absolute atomic E-state index is 0.217. The molecule has 4 heteroatoms. The SMILES string of the molecule is CC(Sc1cc(C(C)(C)C)c(O)c(C(C)(C)C)c1)C(=O)[O-]. The van der Waals surface area contributed by atoms with Crippen molar-refractivity contribution in [2.24, 2.45) is 0 Å². The summed E-state index contributed by atoms with van der Waals surface area (Å²) in [5.74, 6) is -0.775. The summed E-state index contributed by atoms with van der Waals surface area (Å²) in [7, 11) is 0. The number of phenolic OH excluding ortho intramolecular Hbond substituents is 1. The molecule has 0 radical (unpaired) electrons. The summed E-state index contributed by atoms with van der Waals surface area (Å²) in [6, 6.07) is 3.77. The van der Waals surface area contributed by atoms with E-state index in [9.17, 15) is 15.0 Å². The van der Waals surface area contributed by atoms with Gasteiger partial charge in [0.2, 0.25) is 0 Å². The van der Waals surface area contributed by atoms with E-state index in [0.29, 0.717) is 5.75 Å². The molecule has 1 atom stereocenters. The zero-order valence-electron chi connectivity index (χ0n) is 13.9. The third-order valence-corrected chi connectivity index (χ3v) is 4.40. The molecule has 0 fully saturated rings. The Hall–Kier alpha value is -1.16. The molecular weight excluding hydrogens is 284 g/mol. The fourth-order valence-corrected chi connectivity index (χ4v) is 2.95. The van der Waals surface area contributed by atoms with Gasteiger partial charge in [-0.15, -0.1) is 11.8 Å². The van der Waals surface area contributed by atoms with Crippen LogP contribution < -0.4 is 5.11 Å². The molecule has 1 rings (SSSR count). The zero-order chi connectivity index (χ0) is 16.6. The standard InChI is InChI=1S/C17H26O3S/c1-10(15(19)20)21-11-8-12(16(2,3)4)14(18)13(9-11)17(5,6)7/h8-10,18H,1-7H3,(H,19,20)/p-1. The first-order valence-corrected chi connectivity index (χ1v) is 7.97. The molecule has 0 saturated carbocycles. The number of aromatic hydroxyl groups is 1. The third-order valence-electron chi connectivity index (χ3n) is 3.34. The molecule has 0 amide bonds. The predicted molar refractivity (Wildman–Crippen MR) is 85.8 cm³/mol. The van der Waals surface area contributed by atoms with Gasteiger partial charge >= 0.3 is 0 Å². The van der Waals surface area contributed by atoms with Crippen molar-refractivity contribution in [2.75, 3.05) is 0 Å². The van der Waals surface area contributed by atoms with Crippen LogP contribution in [0.2, 0.25) is 0 Å². The molecule has 0 aliphatic rings. The van der Waals surface area contributed by atoms with Crippen molar-refractivity contribution < 1.29 is 15.0 Å². The van der Waals surface area contributed by atoms with Crippen molar-refractivity contribution in [1.29, 1.82) is 0 Å². The van der Waals surface area contributed by atoms with Gasteiger partial charge in [0.1, 0.15) is 5.75 Å². The highest BCUT2D eigenvalue weighted by molar-refractivity contribution is 8.00. The Morgan fingerprint density at radius 1 is 1.10 bits per heavy atom. The number of carboxylic acid groups (broad SMARTS) is 1. The molecule has 0 aliphatic heterocycles. The number of carbonyl (C=O) groups is 1. The number of hydrogen-bond donors (Lipinski definition) is 1. The Kier molecular flexibility index (Phi) is 5.04. The average molecular weight is 309 g/mol. The smallest absolute Gasteiger partial charge is 0.123 e. The van der Waals surface area contributed by atoms with Gasteiger partial charge in [-0.1, -0.05) is 41.5 Å². The molecule has 0 heterocycles. The first kappa shape index (κ1) is 17.9. The van der Waals surface area contributed by atoms with Gasteiger partial charge in [-0.3, -0.25) is 0 Å². The summed E-state index contributed by atoms with van der Waals surface area (Å²) in [4.78, 5) is 11.8. The minimum Gasteiger partial charge on any atom is -0.549 e. The topological polar surface area (TPSA) is 60.4 Å². The number of phenols is 1. The highest BCUT2D eigenvalue weighted by Crippen LogP contribution is 2.42. The molecule has 0 spiro atoms. The van der Waals surface area contributed by atoms with E-state index in [-0.39, 0.29) is 10.8 Å². The number of hydrogen-bond acceptors (Lipinski definition) is 4. The van der Waals surface area contributed by atoms with Gasteiger partial charge in [-0.2, -0.15) is 0 Å². The van der Waals surface area contributed by atoms with Crippen molar-refractivity contribution in [2.45, 2.75) is 69.4 Å². The van der Waals surface area contributed by atoms with E-state index in [0.717, 1.165) is 16.0 Å². The van der Waals surface area contributed by atoms with Gasteiger partial charge in [0.05, 0.1) is 5.97 Å². The summed E-state index contributed by atoms with van der Waals surface area (Å²) in [6.07, 6.45) is 0. The largest absolute Gasteiger partial charge is 0.549 e. The maximum atomic E-state index is 11.0.